The van der Waals surface area contributed by atoms with E-state index in [9.17, 15) is 9.59 Å². The molecule has 0 saturated carbocycles. The van der Waals surface area contributed by atoms with Gasteiger partial charge < -0.3 is 10.4 Å². The molecule has 1 amide bonds. The number of aliphatic carboxylic acids is 1. The second-order valence-corrected chi connectivity index (χ2v) is 5.49. The number of hydrogen-bond donors (Lipinski definition) is 2. The normalized spacial score (nSPS) is 10.8. The first kappa shape index (κ1) is 15.2. The Bertz CT molecular complexity index is 685. The van der Waals surface area contributed by atoms with Crippen LogP contribution in [0, 0.1) is 13.8 Å². The SMILES string of the molecule is Cc1cc(C)n2nc(C(=O)NCCSCC(=O)O)nc2n1. The Labute approximate surface area is 125 Å². The number of nitrogens with zero attached hydrogens (tertiary/aromatic N) is 4. The Morgan fingerprint density at radius 2 is 2.14 bits per heavy atom. The second-order valence-electron chi connectivity index (χ2n) is 4.39. The largest absolute Gasteiger partial charge is 0.481 e. The first-order chi connectivity index (χ1) is 9.97. The van der Waals surface area contributed by atoms with Gasteiger partial charge in [0.05, 0.1) is 5.75 Å². The number of hydrogen-bond acceptors (Lipinski definition) is 6. The lowest BCUT2D eigenvalue weighted by atomic mass is 10.4. The highest BCUT2D eigenvalue weighted by Crippen LogP contribution is 2.05. The standard InChI is InChI=1S/C12H15N5O3S/c1-7-5-8(2)17-12(14-7)15-10(16-17)11(20)13-3-4-21-6-9(18)19/h5H,3-4,6H2,1-2H3,(H,13,20)(H,18,19). The van der Waals surface area contributed by atoms with Crippen molar-refractivity contribution in [2.24, 2.45) is 0 Å². The minimum atomic E-state index is -0.870. The van der Waals surface area contributed by atoms with Crippen molar-refractivity contribution in [2.75, 3.05) is 18.1 Å². The zero-order valence-electron chi connectivity index (χ0n) is 11.7. The van der Waals surface area contributed by atoms with Crippen LogP contribution in [-0.2, 0) is 4.79 Å². The van der Waals surface area contributed by atoms with E-state index in [1.165, 1.54) is 16.3 Å². The molecule has 21 heavy (non-hydrogen) atoms. The van der Waals surface area contributed by atoms with E-state index in [1.54, 1.807) is 0 Å². The summed E-state index contributed by atoms with van der Waals surface area (Å²) in [6, 6.07) is 1.85. The second kappa shape index (κ2) is 6.53. The van der Waals surface area contributed by atoms with E-state index < -0.39 is 11.9 Å². The van der Waals surface area contributed by atoms with Gasteiger partial charge in [0.1, 0.15) is 0 Å². The molecule has 0 unspecified atom stereocenters. The molecular formula is C12H15N5O3S. The Kier molecular flexibility index (Phi) is 4.73. The Morgan fingerprint density at radius 1 is 1.38 bits per heavy atom. The van der Waals surface area contributed by atoms with Gasteiger partial charge in [-0.05, 0) is 19.9 Å². The maximum atomic E-state index is 11.9. The Hall–Kier alpha value is -2.16. The lowest BCUT2D eigenvalue weighted by Crippen LogP contribution is -2.27. The van der Waals surface area contributed by atoms with Crippen LogP contribution in [0.1, 0.15) is 22.0 Å². The minimum absolute atomic E-state index is 0.0187. The predicted molar refractivity (Wildman–Crippen MR) is 77.6 cm³/mol. The Morgan fingerprint density at radius 3 is 2.86 bits per heavy atom. The summed E-state index contributed by atoms with van der Waals surface area (Å²) in [5.74, 6) is -0.289. The first-order valence-corrected chi connectivity index (χ1v) is 7.41. The molecular weight excluding hydrogens is 294 g/mol. The fourth-order valence-corrected chi connectivity index (χ4v) is 2.30. The van der Waals surface area contributed by atoms with Crippen LogP contribution in [0.2, 0.25) is 0 Å². The highest BCUT2D eigenvalue weighted by molar-refractivity contribution is 7.99. The van der Waals surface area contributed by atoms with Gasteiger partial charge >= 0.3 is 5.97 Å². The van der Waals surface area contributed by atoms with Crippen LogP contribution in [0.4, 0.5) is 0 Å². The predicted octanol–water partition coefficient (Wildman–Crippen LogP) is 0.289. The third kappa shape index (κ3) is 3.91. The van der Waals surface area contributed by atoms with E-state index in [4.69, 9.17) is 5.11 Å². The van der Waals surface area contributed by atoms with Crippen LogP contribution < -0.4 is 5.32 Å². The maximum absolute atomic E-state index is 11.9. The number of fused-ring (bicyclic) bond motifs is 1. The van der Waals surface area contributed by atoms with Gasteiger partial charge in [-0.25, -0.2) is 9.50 Å². The molecule has 0 atom stereocenters. The number of carboxylic acids is 1. The molecule has 9 heteroatoms. The van der Waals surface area contributed by atoms with Crippen molar-refractivity contribution in [2.45, 2.75) is 13.8 Å². The van der Waals surface area contributed by atoms with Crippen molar-refractivity contribution in [1.82, 2.24) is 24.9 Å². The summed E-state index contributed by atoms with van der Waals surface area (Å²) in [4.78, 5) is 30.5. The van der Waals surface area contributed by atoms with E-state index in [-0.39, 0.29) is 11.6 Å². The quantitative estimate of drug-likeness (QED) is 0.738. The molecule has 0 fully saturated rings. The summed E-state index contributed by atoms with van der Waals surface area (Å²) in [7, 11) is 0. The van der Waals surface area contributed by atoms with Crippen molar-refractivity contribution >= 4 is 29.4 Å². The van der Waals surface area contributed by atoms with Crippen LogP contribution in [0.5, 0.6) is 0 Å². The van der Waals surface area contributed by atoms with E-state index >= 15 is 0 Å². The van der Waals surface area contributed by atoms with Crippen LogP contribution in [0.3, 0.4) is 0 Å². The number of rotatable bonds is 6. The average Bonchev–Trinajstić information content (AvgIpc) is 2.82. The van der Waals surface area contributed by atoms with Gasteiger partial charge in [-0.2, -0.15) is 4.98 Å². The number of nitrogens with one attached hydrogen (secondary N) is 1. The molecule has 8 nitrogen and oxygen atoms in total. The summed E-state index contributed by atoms with van der Waals surface area (Å²) in [6.07, 6.45) is 0. The third-order valence-electron chi connectivity index (χ3n) is 2.58. The topological polar surface area (TPSA) is 109 Å². The number of aryl methyl sites for hydroxylation is 2. The lowest BCUT2D eigenvalue weighted by molar-refractivity contribution is -0.133. The molecule has 0 aromatic carbocycles. The van der Waals surface area contributed by atoms with Crippen molar-refractivity contribution < 1.29 is 14.7 Å². The van der Waals surface area contributed by atoms with E-state index in [0.717, 1.165) is 11.4 Å². The van der Waals surface area contributed by atoms with Gasteiger partial charge in [-0.15, -0.1) is 16.9 Å². The van der Waals surface area contributed by atoms with Crippen molar-refractivity contribution in [1.29, 1.82) is 0 Å². The van der Waals surface area contributed by atoms with Crippen LogP contribution in [0.15, 0.2) is 6.07 Å². The first-order valence-electron chi connectivity index (χ1n) is 6.26. The molecule has 0 radical (unpaired) electrons. The molecule has 112 valence electrons. The van der Waals surface area contributed by atoms with Crippen molar-refractivity contribution in [3.05, 3.63) is 23.3 Å². The maximum Gasteiger partial charge on any atom is 0.313 e. The van der Waals surface area contributed by atoms with Crippen molar-refractivity contribution in [3.63, 3.8) is 0 Å². The molecule has 0 aliphatic rings. The average molecular weight is 309 g/mol. The fraction of sp³-hybridized carbons (Fsp3) is 0.417. The number of thioether (sulfide) groups is 1. The molecule has 0 saturated heterocycles. The molecule has 2 rings (SSSR count). The summed E-state index contributed by atoms with van der Waals surface area (Å²) >= 11 is 1.24. The number of aromatic nitrogens is 4. The minimum Gasteiger partial charge on any atom is -0.481 e. The zero-order chi connectivity index (χ0) is 15.4. The van der Waals surface area contributed by atoms with Gasteiger partial charge in [-0.3, -0.25) is 9.59 Å². The van der Waals surface area contributed by atoms with Crippen LogP contribution in [0.25, 0.3) is 5.78 Å². The summed E-state index contributed by atoms with van der Waals surface area (Å²) in [5, 5.41) is 15.3. The molecule has 2 aromatic rings. The molecule has 2 heterocycles. The summed E-state index contributed by atoms with van der Waals surface area (Å²) < 4.78 is 1.51. The molecule has 2 aromatic heterocycles. The highest BCUT2D eigenvalue weighted by Gasteiger charge is 2.14. The summed E-state index contributed by atoms with van der Waals surface area (Å²) in [6.45, 7) is 4.07. The van der Waals surface area contributed by atoms with Gasteiger partial charge in [0.2, 0.25) is 5.82 Å². The van der Waals surface area contributed by atoms with Gasteiger partial charge in [-0.1, -0.05) is 0 Å². The Balaban J connectivity index is 1.97. The van der Waals surface area contributed by atoms with Crippen LogP contribution >= 0.6 is 11.8 Å². The number of carboxylic acid groups (broad SMARTS) is 1. The molecule has 0 spiro atoms. The fourth-order valence-electron chi connectivity index (χ4n) is 1.74. The number of carbonyl (C=O) groups is 2. The van der Waals surface area contributed by atoms with Gasteiger partial charge in [0.25, 0.3) is 11.7 Å². The van der Waals surface area contributed by atoms with E-state index in [0.29, 0.717) is 18.1 Å². The monoisotopic (exact) mass is 309 g/mol. The number of carbonyl (C=O) groups excluding carboxylic acids is 1. The highest BCUT2D eigenvalue weighted by atomic mass is 32.2. The number of amides is 1. The third-order valence-corrected chi connectivity index (χ3v) is 3.52. The van der Waals surface area contributed by atoms with Gasteiger partial charge in [0.15, 0.2) is 0 Å². The van der Waals surface area contributed by atoms with Gasteiger partial charge in [0, 0.05) is 23.7 Å². The van der Waals surface area contributed by atoms with Crippen molar-refractivity contribution in [3.8, 4) is 0 Å². The zero-order valence-corrected chi connectivity index (χ0v) is 12.5. The van der Waals surface area contributed by atoms with Crippen LogP contribution in [-0.4, -0.2) is 54.6 Å². The summed E-state index contributed by atoms with van der Waals surface area (Å²) in [5.41, 5.74) is 1.66. The molecule has 0 aliphatic heterocycles. The molecule has 0 aliphatic carbocycles. The molecule has 2 N–H and O–H groups in total. The smallest absolute Gasteiger partial charge is 0.313 e. The van der Waals surface area contributed by atoms with E-state index in [2.05, 4.69) is 20.4 Å². The lowest BCUT2D eigenvalue weighted by Gasteiger charge is -2.00. The molecule has 0 bridgehead atoms. The van der Waals surface area contributed by atoms with E-state index in [1.807, 2.05) is 19.9 Å².